The number of benzene rings is 1. The molecule has 0 aliphatic rings. The number of hydrogen-bond donors (Lipinski definition) is 2. The van der Waals surface area contributed by atoms with Crippen LogP contribution in [0.5, 0.6) is 11.5 Å². The number of nitrogens with zero attached hydrogens (tertiary/aromatic N) is 1. The molecular formula is C18H30IN3O4. The zero-order valence-corrected chi connectivity index (χ0v) is 18.3. The van der Waals surface area contributed by atoms with Crippen molar-refractivity contribution < 1.29 is 19.0 Å². The third-order valence-corrected chi connectivity index (χ3v) is 3.36. The summed E-state index contributed by atoms with van der Waals surface area (Å²) < 4.78 is 15.5. The Morgan fingerprint density at radius 1 is 1.15 bits per heavy atom. The third-order valence-electron chi connectivity index (χ3n) is 3.36. The Hall–Kier alpha value is -1.71. The van der Waals surface area contributed by atoms with E-state index in [1.807, 2.05) is 32.0 Å². The monoisotopic (exact) mass is 479 g/mol. The van der Waals surface area contributed by atoms with Gasteiger partial charge in [0.25, 0.3) is 0 Å². The topological polar surface area (TPSA) is 81.2 Å². The highest BCUT2D eigenvalue weighted by atomic mass is 127. The molecule has 0 spiro atoms. The van der Waals surface area contributed by atoms with Gasteiger partial charge in [-0.15, -0.1) is 24.0 Å². The second-order valence-corrected chi connectivity index (χ2v) is 5.22. The summed E-state index contributed by atoms with van der Waals surface area (Å²) in [7, 11) is 3.01. The molecule has 0 fully saturated rings. The van der Waals surface area contributed by atoms with E-state index in [4.69, 9.17) is 9.47 Å². The normalized spacial score (nSPS) is 10.5. The van der Waals surface area contributed by atoms with Crippen molar-refractivity contribution >= 4 is 41.6 Å². The maximum Gasteiger partial charge on any atom is 0.305 e. The maximum atomic E-state index is 11.1. The zero-order valence-electron chi connectivity index (χ0n) is 16.0. The fourth-order valence-corrected chi connectivity index (χ4v) is 2.14. The molecule has 0 aromatic heterocycles. The summed E-state index contributed by atoms with van der Waals surface area (Å²) >= 11 is 0. The molecule has 1 aromatic carbocycles. The molecule has 7 nitrogen and oxygen atoms in total. The standard InChI is InChI=1S/C18H29N3O4.HI/c1-5-19-18(20-12-8-7-9-17(22)24-4)21-14-10-11-15(25-6-2)16(13-14)23-3;/h10-11,13H,5-9,12H2,1-4H3,(H2,19,20,21);1H. The first-order valence-corrected chi connectivity index (χ1v) is 8.57. The predicted octanol–water partition coefficient (Wildman–Crippen LogP) is 3.43. The first-order chi connectivity index (χ1) is 12.1. The van der Waals surface area contributed by atoms with E-state index in [-0.39, 0.29) is 29.9 Å². The van der Waals surface area contributed by atoms with Crippen molar-refractivity contribution in [2.24, 2.45) is 4.99 Å². The Kier molecular flexibility index (Phi) is 13.5. The first kappa shape index (κ1) is 24.3. The fraction of sp³-hybridized carbons (Fsp3) is 0.556. The highest BCUT2D eigenvalue weighted by Gasteiger charge is 2.07. The van der Waals surface area contributed by atoms with E-state index in [0.29, 0.717) is 37.0 Å². The molecule has 26 heavy (non-hydrogen) atoms. The van der Waals surface area contributed by atoms with Gasteiger partial charge in [-0.05, 0) is 38.8 Å². The van der Waals surface area contributed by atoms with Gasteiger partial charge in [0.15, 0.2) is 17.5 Å². The maximum absolute atomic E-state index is 11.1. The van der Waals surface area contributed by atoms with Gasteiger partial charge in [-0.3, -0.25) is 9.79 Å². The number of unbranched alkanes of at least 4 members (excludes halogenated alkanes) is 1. The molecule has 8 heteroatoms. The van der Waals surface area contributed by atoms with Crippen LogP contribution in [0.3, 0.4) is 0 Å². The van der Waals surface area contributed by atoms with Crippen LogP contribution < -0.4 is 20.1 Å². The quantitative estimate of drug-likeness (QED) is 0.176. The van der Waals surface area contributed by atoms with E-state index in [2.05, 4.69) is 20.4 Å². The van der Waals surface area contributed by atoms with Gasteiger partial charge in [0.05, 0.1) is 20.8 Å². The highest BCUT2D eigenvalue weighted by Crippen LogP contribution is 2.30. The average Bonchev–Trinajstić information content (AvgIpc) is 2.62. The predicted molar refractivity (Wildman–Crippen MR) is 115 cm³/mol. The number of esters is 1. The van der Waals surface area contributed by atoms with Crippen LogP contribution in [-0.2, 0) is 9.53 Å². The summed E-state index contributed by atoms with van der Waals surface area (Å²) in [5, 5.41) is 6.44. The molecule has 0 heterocycles. The van der Waals surface area contributed by atoms with Crippen molar-refractivity contribution in [3.63, 3.8) is 0 Å². The minimum absolute atomic E-state index is 0. The molecule has 0 unspecified atom stereocenters. The van der Waals surface area contributed by atoms with Gasteiger partial charge >= 0.3 is 5.97 Å². The van der Waals surface area contributed by atoms with Crippen molar-refractivity contribution in [1.29, 1.82) is 0 Å². The van der Waals surface area contributed by atoms with E-state index < -0.39 is 0 Å². The van der Waals surface area contributed by atoms with Crippen LogP contribution in [0, 0.1) is 0 Å². The third kappa shape index (κ3) is 9.12. The number of nitrogens with one attached hydrogen (secondary N) is 2. The highest BCUT2D eigenvalue weighted by molar-refractivity contribution is 14.0. The number of hydrogen-bond acceptors (Lipinski definition) is 5. The largest absolute Gasteiger partial charge is 0.493 e. The minimum Gasteiger partial charge on any atom is -0.493 e. The lowest BCUT2D eigenvalue weighted by molar-refractivity contribution is -0.140. The fourth-order valence-electron chi connectivity index (χ4n) is 2.14. The van der Waals surface area contributed by atoms with Gasteiger partial charge in [0, 0.05) is 31.3 Å². The molecule has 0 saturated heterocycles. The molecule has 2 N–H and O–H groups in total. The smallest absolute Gasteiger partial charge is 0.305 e. The van der Waals surface area contributed by atoms with E-state index in [9.17, 15) is 4.79 Å². The van der Waals surface area contributed by atoms with E-state index in [1.165, 1.54) is 7.11 Å². The summed E-state index contributed by atoms with van der Waals surface area (Å²) in [5.74, 6) is 1.88. The lowest BCUT2D eigenvalue weighted by Gasteiger charge is -2.14. The first-order valence-electron chi connectivity index (χ1n) is 8.57. The molecule has 0 bridgehead atoms. The molecular weight excluding hydrogens is 449 g/mol. The SMILES string of the molecule is CCNC(=NCCCCC(=O)OC)Nc1ccc(OCC)c(OC)c1.I. The molecule has 0 radical (unpaired) electrons. The summed E-state index contributed by atoms with van der Waals surface area (Å²) in [6, 6.07) is 5.65. The van der Waals surface area contributed by atoms with Gasteiger partial charge < -0.3 is 24.8 Å². The van der Waals surface area contributed by atoms with Gasteiger partial charge in [-0.2, -0.15) is 0 Å². The van der Waals surface area contributed by atoms with Crippen LogP contribution in [-0.4, -0.2) is 45.8 Å². The molecule has 0 atom stereocenters. The van der Waals surface area contributed by atoms with Crippen LogP contribution in [0.25, 0.3) is 0 Å². The van der Waals surface area contributed by atoms with Crippen LogP contribution in [0.15, 0.2) is 23.2 Å². The van der Waals surface area contributed by atoms with Gasteiger partial charge in [0.2, 0.25) is 0 Å². The van der Waals surface area contributed by atoms with Crippen LogP contribution >= 0.6 is 24.0 Å². The Balaban J connectivity index is 0.00000625. The van der Waals surface area contributed by atoms with E-state index in [1.54, 1.807) is 7.11 Å². The van der Waals surface area contributed by atoms with Crippen molar-refractivity contribution in [3.05, 3.63) is 18.2 Å². The molecule has 1 aromatic rings. The van der Waals surface area contributed by atoms with Gasteiger partial charge in [0.1, 0.15) is 0 Å². The van der Waals surface area contributed by atoms with E-state index in [0.717, 1.165) is 25.1 Å². The minimum atomic E-state index is -0.185. The lowest BCUT2D eigenvalue weighted by Crippen LogP contribution is -2.30. The Morgan fingerprint density at radius 2 is 1.92 bits per heavy atom. The number of ether oxygens (including phenoxy) is 3. The number of aliphatic imine (C=N–C) groups is 1. The number of carbonyl (C=O) groups excluding carboxylic acids is 1. The Morgan fingerprint density at radius 3 is 2.54 bits per heavy atom. The summed E-state index contributed by atoms with van der Waals surface area (Å²) in [6.45, 7) is 5.90. The second kappa shape index (κ2) is 14.5. The molecule has 0 amide bonds. The molecule has 148 valence electrons. The summed E-state index contributed by atoms with van der Waals surface area (Å²) in [6.07, 6.45) is 2.00. The van der Waals surface area contributed by atoms with Crippen LogP contribution in [0.2, 0.25) is 0 Å². The molecule has 0 aliphatic carbocycles. The number of carbonyl (C=O) groups is 1. The van der Waals surface area contributed by atoms with Crippen molar-refractivity contribution in [2.75, 3.05) is 39.2 Å². The van der Waals surface area contributed by atoms with E-state index >= 15 is 0 Å². The van der Waals surface area contributed by atoms with Crippen molar-refractivity contribution in [3.8, 4) is 11.5 Å². The summed E-state index contributed by atoms with van der Waals surface area (Å²) in [5.41, 5.74) is 0.856. The number of rotatable bonds is 10. The molecule has 1 rings (SSSR count). The van der Waals surface area contributed by atoms with Crippen molar-refractivity contribution in [2.45, 2.75) is 33.1 Å². The van der Waals surface area contributed by atoms with Gasteiger partial charge in [-0.25, -0.2) is 0 Å². The van der Waals surface area contributed by atoms with Crippen LogP contribution in [0.1, 0.15) is 33.1 Å². The molecule has 0 aliphatic heterocycles. The Bertz CT molecular complexity index is 567. The average molecular weight is 479 g/mol. The molecule has 0 saturated carbocycles. The van der Waals surface area contributed by atoms with Crippen molar-refractivity contribution in [1.82, 2.24) is 5.32 Å². The number of anilines is 1. The van der Waals surface area contributed by atoms with Crippen LogP contribution in [0.4, 0.5) is 5.69 Å². The number of halogens is 1. The zero-order chi connectivity index (χ0) is 18.5. The lowest BCUT2D eigenvalue weighted by atomic mass is 10.2. The number of methoxy groups -OCH3 is 2. The second-order valence-electron chi connectivity index (χ2n) is 5.22. The van der Waals surface area contributed by atoms with Gasteiger partial charge in [-0.1, -0.05) is 0 Å². The Labute approximate surface area is 172 Å². The summed E-state index contributed by atoms with van der Waals surface area (Å²) in [4.78, 5) is 15.6. The number of guanidine groups is 1.